The number of ether oxygens (including phenoxy) is 4. The number of nitrogens with one attached hydrogen (secondary N) is 1. The number of methoxy groups -OCH3 is 1. The third-order valence-corrected chi connectivity index (χ3v) is 10.8. The SMILES string of the molecule is CCOC(=O)C1=C(C=O)C(=C2CCC(=O)C(c3ccc4c(c3)=CCN=4)C2)c2c(OC)c3c(c(CO)c2O1)OC(C(C)(O)C1CCNCC1)C3. The summed E-state index contributed by atoms with van der Waals surface area (Å²) in [4.78, 5) is 44.4. The predicted octanol–water partition coefficient (Wildman–Crippen LogP) is 2.35. The molecule has 5 aliphatic rings. The molecule has 3 unspecified atom stereocenters. The number of rotatable bonds is 8. The Morgan fingerprint density at radius 2 is 1.98 bits per heavy atom. The number of aldehydes is 1. The fourth-order valence-electron chi connectivity index (χ4n) is 8.21. The lowest BCUT2D eigenvalue weighted by atomic mass is 9.75. The highest BCUT2D eigenvalue weighted by molar-refractivity contribution is 6.11. The lowest BCUT2D eigenvalue weighted by Crippen LogP contribution is -2.51. The number of carbonyl (C=O) groups excluding carboxylic acids is 3. The van der Waals surface area contributed by atoms with E-state index in [1.165, 1.54) is 7.11 Å². The van der Waals surface area contributed by atoms with Crippen LogP contribution in [-0.2, 0) is 32.1 Å². The van der Waals surface area contributed by atoms with E-state index in [1.54, 1.807) is 13.8 Å². The topological polar surface area (TPSA) is 153 Å². The molecule has 7 rings (SSSR count). The standard InChI is InChI=1S/C38H42N2O9/c1-4-47-37(44)36-26(18-41)31(22-6-8-29(43)24(16-22)20-5-7-28-21(15-20)9-14-40-28)32-34(46-3)25-17-30(38(2,45)23-10-12-39-13-11-23)48-33(25)27(19-42)35(32)49-36/h5,7,9,15,18,23-24,30,39,42,45H,4,6,8,10-14,16-17,19H2,1-3H3. The third kappa shape index (κ3) is 5.57. The van der Waals surface area contributed by atoms with Gasteiger partial charge in [-0.2, -0.15) is 0 Å². The van der Waals surface area contributed by atoms with Crippen molar-refractivity contribution in [2.24, 2.45) is 10.9 Å². The van der Waals surface area contributed by atoms with Gasteiger partial charge >= 0.3 is 5.97 Å². The fraction of sp³-hybridized carbons (Fsp3) is 0.474. The van der Waals surface area contributed by atoms with Crippen LogP contribution in [0.1, 0.15) is 74.1 Å². The summed E-state index contributed by atoms with van der Waals surface area (Å²) in [6, 6.07) is 5.86. The Balaban J connectivity index is 1.41. The first kappa shape index (κ1) is 33.2. The number of piperidine rings is 1. The van der Waals surface area contributed by atoms with Crippen molar-refractivity contribution >= 4 is 29.7 Å². The van der Waals surface area contributed by atoms with Crippen molar-refractivity contribution in [1.29, 1.82) is 0 Å². The zero-order valence-corrected chi connectivity index (χ0v) is 28.1. The van der Waals surface area contributed by atoms with Crippen LogP contribution in [0.5, 0.6) is 17.2 Å². The third-order valence-electron chi connectivity index (χ3n) is 10.8. The smallest absolute Gasteiger partial charge is 0.375 e. The van der Waals surface area contributed by atoms with Gasteiger partial charge < -0.3 is 34.5 Å². The molecule has 0 spiro atoms. The van der Waals surface area contributed by atoms with E-state index in [2.05, 4.69) is 10.3 Å². The number of nitrogens with zero attached hydrogens (tertiary/aromatic N) is 1. The van der Waals surface area contributed by atoms with E-state index in [1.807, 2.05) is 24.3 Å². The van der Waals surface area contributed by atoms with Gasteiger partial charge in [-0.05, 0) is 81.5 Å². The molecule has 4 aliphatic heterocycles. The van der Waals surface area contributed by atoms with Gasteiger partial charge in [0.1, 0.15) is 34.7 Å². The highest BCUT2D eigenvalue weighted by atomic mass is 16.6. The van der Waals surface area contributed by atoms with E-state index in [-0.39, 0.29) is 47.4 Å². The Morgan fingerprint density at radius 3 is 2.69 bits per heavy atom. The first-order chi connectivity index (χ1) is 23.7. The molecule has 3 N–H and O–H groups in total. The maximum Gasteiger partial charge on any atom is 0.375 e. The van der Waals surface area contributed by atoms with Gasteiger partial charge in [-0.15, -0.1) is 0 Å². The van der Waals surface area contributed by atoms with E-state index in [0.717, 1.165) is 47.6 Å². The molecule has 11 heteroatoms. The van der Waals surface area contributed by atoms with Gasteiger partial charge in [-0.25, -0.2) is 4.79 Å². The maximum absolute atomic E-state index is 13.5. The van der Waals surface area contributed by atoms with Gasteiger partial charge in [0.05, 0.1) is 48.9 Å². The van der Waals surface area contributed by atoms with Gasteiger partial charge in [0.15, 0.2) is 6.29 Å². The normalized spacial score (nSPS) is 24.4. The predicted molar refractivity (Wildman–Crippen MR) is 179 cm³/mol. The van der Waals surface area contributed by atoms with E-state index >= 15 is 0 Å². The van der Waals surface area contributed by atoms with Crippen LogP contribution in [0.25, 0.3) is 11.6 Å². The monoisotopic (exact) mass is 670 g/mol. The van der Waals surface area contributed by atoms with Gasteiger partial charge in [0.2, 0.25) is 5.76 Å². The molecule has 49 heavy (non-hydrogen) atoms. The van der Waals surface area contributed by atoms with Crippen LogP contribution < -0.4 is 30.1 Å². The first-order valence-electron chi connectivity index (χ1n) is 17.1. The first-order valence-corrected chi connectivity index (χ1v) is 17.1. The van der Waals surface area contributed by atoms with Gasteiger partial charge in [-0.3, -0.25) is 14.6 Å². The molecule has 258 valence electrons. The molecule has 1 aliphatic carbocycles. The Bertz CT molecular complexity index is 1920. The second-order valence-electron chi connectivity index (χ2n) is 13.5. The van der Waals surface area contributed by atoms with Gasteiger partial charge in [0.25, 0.3) is 0 Å². The maximum atomic E-state index is 13.5. The fourth-order valence-corrected chi connectivity index (χ4v) is 8.21. The summed E-state index contributed by atoms with van der Waals surface area (Å²) in [5.41, 5.74) is 2.20. The second kappa shape index (κ2) is 13.2. The van der Waals surface area contributed by atoms with E-state index < -0.39 is 30.2 Å². The van der Waals surface area contributed by atoms with E-state index in [0.29, 0.717) is 60.3 Å². The van der Waals surface area contributed by atoms with Crippen molar-refractivity contribution in [3.05, 3.63) is 67.9 Å². The largest absolute Gasteiger partial charge is 0.496 e. The summed E-state index contributed by atoms with van der Waals surface area (Å²) >= 11 is 0. The van der Waals surface area contributed by atoms with Gasteiger partial charge in [0, 0.05) is 29.9 Å². The lowest BCUT2D eigenvalue weighted by molar-refractivity contribution is -0.141. The molecular weight excluding hydrogens is 628 g/mol. The summed E-state index contributed by atoms with van der Waals surface area (Å²) in [5.74, 6) is -0.713. The molecule has 11 nitrogen and oxygen atoms in total. The number of benzene rings is 2. The summed E-state index contributed by atoms with van der Waals surface area (Å²) in [6.07, 6.45) is 4.72. The van der Waals surface area contributed by atoms with Crippen LogP contribution in [0.2, 0.25) is 0 Å². The minimum atomic E-state index is -1.19. The van der Waals surface area contributed by atoms with Crippen LogP contribution in [0.15, 0.2) is 40.1 Å². The van der Waals surface area contributed by atoms with Crippen LogP contribution in [0, 0.1) is 5.92 Å². The van der Waals surface area contributed by atoms with Crippen molar-refractivity contribution in [1.82, 2.24) is 5.32 Å². The Kier molecular flexibility index (Phi) is 8.93. The number of allylic oxidation sites excluding steroid dienone is 3. The van der Waals surface area contributed by atoms with Crippen LogP contribution in [0.3, 0.4) is 0 Å². The summed E-state index contributed by atoms with van der Waals surface area (Å²) in [5, 5.41) is 28.0. The Hall–Kier alpha value is -4.32. The number of carbonyl (C=O) groups is 3. The molecule has 1 saturated heterocycles. The number of aliphatic hydroxyl groups is 2. The molecule has 4 heterocycles. The van der Waals surface area contributed by atoms with E-state index in [4.69, 9.17) is 18.9 Å². The Morgan fingerprint density at radius 1 is 1.18 bits per heavy atom. The average Bonchev–Trinajstić information content (AvgIpc) is 3.78. The lowest BCUT2D eigenvalue weighted by Gasteiger charge is -2.39. The minimum absolute atomic E-state index is 0.00515. The Labute approximate surface area is 284 Å². The molecule has 0 aromatic heterocycles. The number of hydrogen-bond donors (Lipinski definition) is 3. The molecular formula is C38H42N2O9. The van der Waals surface area contributed by atoms with Crippen LogP contribution in [0.4, 0.5) is 0 Å². The molecule has 2 aromatic carbocycles. The van der Waals surface area contributed by atoms with Crippen LogP contribution in [-0.4, -0.2) is 73.3 Å². The molecule has 2 aromatic rings. The summed E-state index contributed by atoms with van der Waals surface area (Å²) in [7, 11) is 1.51. The molecule has 0 radical (unpaired) electrons. The van der Waals surface area contributed by atoms with E-state index in [9.17, 15) is 24.6 Å². The molecule has 0 amide bonds. The van der Waals surface area contributed by atoms with Crippen LogP contribution >= 0.6 is 0 Å². The summed E-state index contributed by atoms with van der Waals surface area (Å²) in [6.45, 7) is 5.18. The van der Waals surface area contributed by atoms with Crippen molar-refractivity contribution < 1.29 is 43.5 Å². The molecule has 0 bridgehead atoms. The van der Waals surface area contributed by atoms with Gasteiger partial charge in [-0.1, -0.05) is 17.7 Å². The quantitative estimate of drug-likeness (QED) is 0.282. The highest BCUT2D eigenvalue weighted by Crippen LogP contribution is 2.56. The zero-order chi connectivity index (χ0) is 34.4. The van der Waals surface area contributed by atoms with Crippen molar-refractivity contribution in [3.63, 3.8) is 0 Å². The molecule has 1 saturated carbocycles. The number of fused-ring (bicyclic) bond motifs is 3. The second-order valence-corrected chi connectivity index (χ2v) is 13.5. The molecule has 3 atom stereocenters. The number of aliphatic hydroxyl groups excluding tert-OH is 1. The number of Topliss-reactive ketones (excluding diaryl/α,β-unsaturated/α-hetero) is 1. The molecule has 2 fully saturated rings. The van der Waals surface area contributed by atoms with Crippen molar-refractivity contribution in [2.45, 2.75) is 76.6 Å². The van der Waals surface area contributed by atoms with Crippen molar-refractivity contribution in [3.8, 4) is 17.2 Å². The zero-order valence-electron chi connectivity index (χ0n) is 28.1. The number of hydrogen-bond acceptors (Lipinski definition) is 11. The highest BCUT2D eigenvalue weighted by Gasteiger charge is 2.48. The average molecular weight is 671 g/mol. The number of esters is 1. The van der Waals surface area contributed by atoms with Crippen molar-refractivity contribution in [2.75, 3.05) is 33.4 Å². The number of ketones is 1. The minimum Gasteiger partial charge on any atom is -0.496 e. The summed E-state index contributed by atoms with van der Waals surface area (Å²) < 4.78 is 24.2.